The molecule has 0 fully saturated rings. The molecular formula is C29H29FN2O. The molecule has 0 spiro atoms. The molecule has 0 aliphatic carbocycles. The summed E-state index contributed by atoms with van der Waals surface area (Å²) in [6, 6.07) is 26.5. The van der Waals surface area contributed by atoms with Crippen LogP contribution < -0.4 is 5.32 Å². The molecule has 0 aromatic heterocycles. The van der Waals surface area contributed by atoms with Crippen molar-refractivity contribution in [3.05, 3.63) is 107 Å². The van der Waals surface area contributed by atoms with Gasteiger partial charge in [-0.05, 0) is 76.4 Å². The lowest BCUT2D eigenvalue weighted by Gasteiger charge is -2.18. The van der Waals surface area contributed by atoms with Crippen LogP contribution in [0.15, 0.2) is 84.9 Å². The number of rotatable bonds is 8. The standard InChI is InChI=1S/C29H29FN2O/c1-3-32(4-2)20-21-8-17-28-25(18-21)6-5-7-26(28)19-31-29(33)24-11-9-22(10-12-24)23-13-15-27(30)16-14-23/h5-18H,3-4,19-20H2,1-2H3,(H,31,33). The number of hydrogen-bond donors (Lipinski definition) is 1. The van der Waals surface area contributed by atoms with Crippen molar-refractivity contribution in [2.24, 2.45) is 0 Å². The lowest BCUT2D eigenvalue weighted by molar-refractivity contribution is 0.0951. The summed E-state index contributed by atoms with van der Waals surface area (Å²) < 4.78 is 13.1. The van der Waals surface area contributed by atoms with Crippen molar-refractivity contribution in [3.63, 3.8) is 0 Å². The van der Waals surface area contributed by atoms with Crippen LogP contribution in [0.3, 0.4) is 0 Å². The number of nitrogens with zero attached hydrogens (tertiary/aromatic N) is 1. The van der Waals surface area contributed by atoms with Crippen LogP contribution in [0.25, 0.3) is 21.9 Å². The monoisotopic (exact) mass is 440 g/mol. The molecule has 0 saturated heterocycles. The average Bonchev–Trinajstić information content (AvgIpc) is 2.86. The fourth-order valence-corrected chi connectivity index (χ4v) is 4.09. The number of carbonyl (C=O) groups is 1. The number of carbonyl (C=O) groups excluding carboxylic acids is 1. The van der Waals surface area contributed by atoms with Crippen molar-refractivity contribution < 1.29 is 9.18 Å². The van der Waals surface area contributed by atoms with Gasteiger partial charge in [0.25, 0.3) is 5.91 Å². The van der Waals surface area contributed by atoms with Crippen LogP contribution in [-0.2, 0) is 13.1 Å². The highest BCUT2D eigenvalue weighted by Crippen LogP contribution is 2.22. The number of nitrogens with one attached hydrogen (secondary N) is 1. The highest BCUT2D eigenvalue weighted by molar-refractivity contribution is 5.95. The maximum atomic E-state index is 13.1. The highest BCUT2D eigenvalue weighted by atomic mass is 19.1. The quantitative estimate of drug-likeness (QED) is 0.343. The van der Waals surface area contributed by atoms with Gasteiger partial charge in [0.15, 0.2) is 0 Å². The summed E-state index contributed by atoms with van der Waals surface area (Å²) >= 11 is 0. The molecule has 0 aliphatic heterocycles. The largest absolute Gasteiger partial charge is 0.348 e. The first kappa shape index (κ1) is 22.7. The van der Waals surface area contributed by atoms with E-state index < -0.39 is 0 Å². The summed E-state index contributed by atoms with van der Waals surface area (Å²) in [6.07, 6.45) is 0. The molecule has 4 aromatic rings. The summed E-state index contributed by atoms with van der Waals surface area (Å²) in [5.74, 6) is -0.376. The van der Waals surface area contributed by atoms with Gasteiger partial charge in [0.2, 0.25) is 0 Å². The molecule has 0 bridgehead atoms. The van der Waals surface area contributed by atoms with E-state index in [2.05, 4.69) is 54.4 Å². The molecule has 4 rings (SSSR count). The van der Waals surface area contributed by atoms with E-state index in [-0.39, 0.29) is 11.7 Å². The third kappa shape index (κ3) is 5.47. The summed E-state index contributed by atoms with van der Waals surface area (Å²) in [4.78, 5) is 15.1. The molecule has 0 saturated carbocycles. The molecule has 168 valence electrons. The van der Waals surface area contributed by atoms with Crippen molar-refractivity contribution in [1.82, 2.24) is 10.2 Å². The van der Waals surface area contributed by atoms with Crippen LogP contribution in [0.2, 0.25) is 0 Å². The molecule has 1 amide bonds. The smallest absolute Gasteiger partial charge is 0.251 e. The van der Waals surface area contributed by atoms with Crippen LogP contribution >= 0.6 is 0 Å². The predicted octanol–water partition coefficient (Wildman–Crippen LogP) is 6.42. The van der Waals surface area contributed by atoms with Gasteiger partial charge in [0.1, 0.15) is 5.82 Å². The second-order valence-corrected chi connectivity index (χ2v) is 8.20. The minimum absolute atomic E-state index is 0.115. The van der Waals surface area contributed by atoms with Gasteiger partial charge in [-0.15, -0.1) is 0 Å². The first-order chi connectivity index (χ1) is 16.1. The van der Waals surface area contributed by atoms with E-state index in [1.54, 1.807) is 24.3 Å². The summed E-state index contributed by atoms with van der Waals surface area (Å²) in [5, 5.41) is 5.39. The van der Waals surface area contributed by atoms with Crippen LogP contribution in [-0.4, -0.2) is 23.9 Å². The Morgan fingerprint density at radius 1 is 0.848 bits per heavy atom. The second-order valence-electron chi connectivity index (χ2n) is 8.20. The number of fused-ring (bicyclic) bond motifs is 1. The van der Waals surface area contributed by atoms with Gasteiger partial charge in [-0.2, -0.15) is 0 Å². The van der Waals surface area contributed by atoms with Crippen LogP contribution in [0, 0.1) is 5.82 Å². The maximum Gasteiger partial charge on any atom is 0.251 e. The number of halogens is 1. The number of amides is 1. The Morgan fingerprint density at radius 3 is 2.18 bits per heavy atom. The van der Waals surface area contributed by atoms with E-state index in [0.717, 1.165) is 41.7 Å². The molecule has 4 heteroatoms. The van der Waals surface area contributed by atoms with Crippen molar-refractivity contribution in [2.45, 2.75) is 26.9 Å². The third-order valence-corrected chi connectivity index (χ3v) is 6.10. The first-order valence-electron chi connectivity index (χ1n) is 11.4. The molecule has 1 N–H and O–H groups in total. The molecule has 0 heterocycles. The van der Waals surface area contributed by atoms with Crippen molar-refractivity contribution in [3.8, 4) is 11.1 Å². The minimum atomic E-state index is -0.261. The van der Waals surface area contributed by atoms with E-state index in [4.69, 9.17) is 0 Å². The third-order valence-electron chi connectivity index (χ3n) is 6.10. The Hall–Kier alpha value is -3.50. The van der Waals surface area contributed by atoms with E-state index in [1.165, 1.54) is 23.1 Å². The van der Waals surface area contributed by atoms with Gasteiger partial charge >= 0.3 is 0 Å². The van der Waals surface area contributed by atoms with E-state index >= 15 is 0 Å². The van der Waals surface area contributed by atoms with Crippen molar-refractivity contribution in [2.75, 3.05) is 13.1 Å². The molecule has 0 atom stereocenters. The Balaban J connectivity index is 1.44. The number of hydrogen-bond acceptors (Lipinski definition) is 2. The molecule has 4 aromatic carbocycles. The van der Waals surface area contributed by atoms with Crippen LogP contribution in [0.5, 0.6) is 0 Å². The molecule has 0 aliphatic rings. The maximum absolute atomic E-state index is 13.1. The van der Waals surface area contributed by atoms with Gasteiger partial charge < -0.3 is 5.32 Å². The zero-order valence-electron chi connectivity index (χ0n) is 19.1. The lowest BCUT2D eigenvalue weighted by Crippen LogP contribution is -2.23. The molecular weight excluding hydrogens is 411 g/mol. The molecule has 33 heavy (non-hydrogen) atoms. The number of benzene rings is 4. The first-order valence-corrected chi connectivity index (χ1v) is 11.4. The van der Waals surface area contributed by atoms with Gasteiger partial charge in [-0.25, -0.2) is 4.39 Å². The zero-order chi connectivity index (χ0) is 23.2. The van der Waals surface area contributed by atoms with Crippen LogP contribution in [0.4, 0.5) is 4.39 Å². The fourth-order valence-electron chi connectivity index (χ4n) is 4.09. The van der Waals surface area contributed by atoms with Gasteiger partial charge in [-0.3, -0.25) is 9.69 Å². The topological polar surface area (TPSA) is 32.3 Å². The van der Waals surface area contributed by atoms with Crippen molar-refractivity contribution >= 4 is 16.7 Å². The van der Waals surface area contributed by atoms with E-state index in [9.17, 15) is 9.18 Å². The van der Waals surface area contributed by atoms with Gasteiger partial charge in [0, 0.05) is 18.7 Å². The Morgan fingerprint density at radius 2 is 1.52 bits per heavy atom. The normalized spacial score (nSPS) is 11.2. The van der Waals surface area contributed by atoms with E-state index in [1.807, 2.05) is 18.2 Å². The summed E-state index contributed by atoms with van der Waals surface area (Å²) in [6.45, 7) is 7.84. The van der Waals surface area contributed by atoms with Gasteiger partial charge in [-0.1, -0.05) is 68.4 Å². The second kappa shape index (κ2) is 10.4. The predicted molar refractivity (Wildman–Crippen MR) is 134 cm³/mol. The SMILES string of the molecule is CCN(CC)Cc1ccc2c(CNC(=O)c3ccc(-c4ccc(F)cc4)cc3)cccc2c1. The van der Waals surface area contributed by atoms with Crippen molar-refractivity contribution in [1.29, 1.82) is 0 Å². The fraction of sp³-hybridized carbons (Fsp3) is 0.207. The lowest BCUT2D eigenvalue weighted by atomic mass is 10.0. The summed E-state index contributed by atoms with van der Waals surface area (Å²) in [5.41, 5.74) is 4.86. The molecule has 0 radical (unpaired) electrons. The minimum Gasteiger partial charge on any atom is -0.348 e. The Bertz CT molecular complexity index is 1230. The van der Waals surface area contributed by atoms with E-state index in [0.29, 0.717) is 12.1 Å². The average molecular weight is 441 g/mol. The summed E-state index contributed by atoms with van der Waals surface area (Å²) in [7, 11) is 0. The Kier molecular flexibility index (Phi) is 7.16. The van der Waals surface area contributed by atoms with Gasteiger partial charge in [0.05, 0.1) is 0 Å². The highest BCUT2D eigenvalue weighted by Gasteiger charge is 2.09. The molecule has 0 unspecified atom stereocenters. The Labute approximate surface area is 194 Å². The zero-order valence-corrected chi connectivity index (χ0v) is 19.1. The van der Waals surface area contributed by atoms with Crippen LogP contribution in [0.1, 0.15) is 35.3 Å². The molecule has 3 nitrogen and oxygen atoms in total.